The Kier molecular flexibility index (Phi) is 7.10. The van der Waals surface area contributed by atoms with Crippen LogP contribution in [0.1, 0.15) is 29.8 Å². The fourth-order valence-corrected chi connectivity index (χ4v) is 3.49. The van der Waals surface area contributed by atoms with Crippen molar-refractivity contribution in [2.75, 3.05) is 29.0 Å². The minimum atomic E-state index is -3.40. The number of hydrogen-bond donors (Lipinski definition) is 2. The number of carbonyl (C=O) groups is 1. The molecule has 0 spiro atoms. The van der Waals surface area contributed by atoms with Gasteiger partial charge in [0, 0.05) is 31.0 Å². The van der Waals surface area contributed by atoms with Gasteiger partial charge in [-0.05, 0) is 49.7 Å². The Labute approximate surface area is 165 Å². The zero-order chi connectivity index (χ0) is 20.0. The molecule has 27 heavy (non-hydrogen) atoms. The van der Waals surface area contributed by atoms with Gasteiger partial charge in [0.1, 0.15) is 0 Å². The smallest absolute Gasteiger partial charge is 0.253 e. The van der Waals surface area contributed by atoms with Gasteiger partial charge < -0.3 is 10.2 Å². The minimum absolute atomic E-state index is 0.179. The van der Waals surface area contributed by atoms with Gasteiger partial charge in [0.2, 0.25) is 10.0 Å². The summed E-state index contributed by atoms with van der Waals surface area (Å²) >= 11 is 6.12. The van der Waals surface area contributed by atoms with Crippen LogP contribution in [0.5, 0.6) is 0 Å². The second kappa shape index (κ2) is 9.10. The molecule has 0 radical (unpaired) electrons. The SMILES string of the molecule is CCN(CC)c1ccc(CNC(=O)c2ccc(NS(C)(=O)=O)cc2Cl)cc1. The van der Waals surface area contributed by atoms with Crippen LogP contribution in [0.15, 0.2) is 42.5 Å². The molecule has 2 rings (SSSR count). The summed E-state index contributed by atoms with van der Waals surface area (Å²) < 4.78 is 24.8. The maximum atomic E-state index is 12.4. The van der Waals surface area contributed by atoms with E-state index in [2.05, 4.69) is 28.8 Å². The third kappa shape index (κ3) is 6.15. The summed E-state index contributed by atoms with van der Waals surface area (Å²) in [7, 11) is -3.40. The highest BCUT2D eigenvalue weighted by molar-refractivity contribution is 7.92. The average molecular weight is 410 g/mol. The summed E-state index contributed by atoms with van der Waals surface area (Å²) in [4.78, 5) is 14.6. The number of sulfonamides is 1. The lowest BCUT2D eigenvalue weighted by Gasteiger charge is -2.21. The van der Waals surface area contributed by atoms with E-state index in [-0.39, 0.29) is 16.5 Å². The zero-order valence-corrected chi connectivity index (χ0v) is 17.2. The first-order valence-corrected chi connectivity index (χ1v) is 10.9. The maximum Gasteiger partial charge on any atom is 0.253 e. The van der Waals surface area contributed by atoms with Crippen LogP contribution in [0.25, 0.3) is 0 Å². The number of hydrogen-bond acceptors (Lipinski definition) is 4. The van der Waals surface area contributed by atoms with Gasteiger partial charge in [-0.3, -0.25) is 9.52 Å². The highest BCUT2D eigenvalue weighted by Gasteiger charge is 2.12. The minimum Gasteiger partial charge on any atom is -0.372 e. The number of nitrogens with zero attached hydrogens (tertiary/aromatic N) is 1. The summed E-state index contributed by atoms with van der Waals surface area (Å²) in [6.07, 6.45) is 1.05. The zero-order valence-electron chi connectivity index (χ0n) is 15.6. The number of anilines is 2. The van der Waals surface area contributed by atoms with Gasteiger partial charge in [0.15, 0.2) is 0 Å². The van der Waals surface area contributed by atoms with Gasteiger partial charge in [0.25, 0.3) is 5.91 Å². The third-order valence-electron chi connectivity index (χ3n) is 4.03. The molecule has 0 bridgehead atoms. The summed E-state index contributed by atoms with van der Waals surface area (Å²) in [6, 6.07) is 12.4. The number of amides is 1. The highest BCUT2D eigenvalue weighted by atomic mass is 35.5. The number of halogens is 1. The molecule has 0 atom stereocenters. The van der Waals surface area contributed by atoms with Crippen LogP contribution >= 0.6 is 11.6 Å². The highest BCUT2D eigenvalue weighted by Crippen LogP contribution is 2.22. The lowest BCUT2D eigenvalue weighted by Crippen LogP contribution is -2.24. The van der Waals surface area contributed by atoms with Crippen molar-refractivity contribution < 1.29 is 13.2 Å². The molecule has 0 aromatic heterocycles. The van der Waals surface area contributed by atoms with E-state index < -0.39 is 10.0 Å². The first-order chi connectivity index (χ1) is 12.7. The Morgan fingerprint density at radius 3 is 2.22 bits per heavy atom. The van der Waals surface area contributed by atoms with Gasteiger partial charge >= 0.3 is 0 Å². The predicted molar refractivity (Wildman–Crippen MR) is 111 cm³/mol. The molecule has 1 amide bonds. The van der Waals surface area contributed by atoms with Gasteiger partial charge in [-0.15, -0.1) is 0 Å². The molecule has 0 fully saturated rings. The Balaban J connectivity index is 2.01. The van der Waals surface area contributed by atoms with Crippen LogP contribution in [-0.4, -0.2) is 33.7 Å². The second-order valence-corrected chi connectivity index (χ2v) is 8.25. The van der Waals surface area contributed by atoms with E-state index in [1.54, 1.807) is 0 Å². The van der Waals surface area contributed by atoms with Crippen LogP contribution in [0, 0.1) is 0 Å². The van der Waals surface area contributed by atoms with E-state index in [1.807, 2.05) is 24.3 Å². The summed E-state index contributed by atoms with van der Waals surface area (Å²) in [6.45, 7) is 6.47. The standard InChI is InChI=1S/C19H24ClN3O3S/c1-4-23(5-2)16-9-6-14(7-10-16)13-21-19(24)17-11-8-15(12-18(17)20)22-27(3,25)26/h6-12,22H,4-5,13H2,1-3H3,(H,21,24). The van der Waals surface area contributed by atoms with Crippen LogP contribution in [0.3, 0.4) is 0 Å². The van der Waals surface area contributed by atoms with Gasteiger partial charge in [-0.2, -0.15) is 0 Å². The van der Waals surface area contributed by atoms with Crippen molar-refractivity contribution in [3.8, 4) is 0 Å². The monoisotopic (exact) mass is 409 g/mol. The number of nitrogens with one attached hydrogen (secondary N) is 2. The van der Waals surface area contributed by atoms with E-state index in [1.165, 1.54) is 18.2 Å². The fraction of sp³-hybridized carbons (Fsp3) is 0.316. The summed E-state index contributed by atoms with van der Waals surface area (Å²) in [5, 5.41) is 3.00. The van der Waals surface area contributed by atoms with Crippen LogP contribution in [0.2, 0.25) is 5.02 Å². The van der Waals surface area contributed by atoms with Crippen molar-refractivity contribution in [1.29, 1.82) is 0 Å². The molecule has 0 aliphatic carbocycles. The third-order valence-corrected chi connectivity index (χ3v) is 4.95. The number of rotatable bonds is 8. The van der Waals surface area contributed by atoms with E-state index in [0.29, 0.717) is 12.2 Å². The molecule has 8 heteroatoms. The fourth-order valence-electron chi connectivity index (χ4n) is 2.67. The molecule has 0 aliphatic rings. The van der Waals surface area contributed by atoms with E-state index >= 15 is 0 Å². The topological polar surface area (TPSA) is 78.5 Å². The first kappa shape index (κ1) is 21.1. The molecule has 0 saturated carbocycles. The van der Waals surface area contributed by atoms with Gasteiger partial charge in [-0.25, -0.2) is 8.42 Å². The van der Waals surface area contributed by atoms with Crippen molar-refractivity contribution >= 4 is 38.9 Å². The predicted octanol–water partition coefficient (Wildman–Crippen LogP) is 3.49. The molecule has 0 unspecified atom stereocenters. The molecule has 0 saturated heterocycles. The second-order valence-electron chi connectivity index (χ2n) is 6.09. The quantitative estimate of drug-likeness (QED) is 0.699. The Morgan fingerprint density at radius 1 is 1.07 bits per heavy atom. The first-order valence-electron chi connectivity index (χ1n) is 8.63. The molecule has 0 heterocycles. The van der Waals surface area contributed by atoms with Crippen molar-refractivity contribution in [3.63, 3.8) is 0 Å². The van der Waals surface area contributed by atoms with Crippen LogP contribution < -0.4 is 14.9 Å². The Hall–Kier alpha value is -2.25. The molecule has 146 valence electrons. The van der Waals surface area contributed by atoms with Crippen LogP contribution in [0.4, 0.5) is 11.4 Å². The summed E-state index contributed by atoms with van der Waals surface area (Å²) in [5.74, 6) is -0.321. The van der Waals surface area contributed by atoms with Crippen molar-refractivity contribution in [2.45, 2.75) is 20.4 Å². The Morgan fingerprint density at radius 2 is 1.70 bits per heavy atom. The average Bonchev–Trinajstić information content (AvgIpc) is 2.60. The van der Waals surface area contributed by atoms with Crippen LogP contribution in [-0.2, 0) is 16.6 Å². The lowest BCUT2D eigenvalue weighted by atomic mass is 10.1. The van der Waals surface area contributed by atoms with Gasteiger partial charge in [0.05, 0.1) is 16.8 Å². The molecular weight excluding hydrogens is 386 g/mol. The van der Waals surface area contributed by atoms with E-state index in [4.69, 9.17) is 11.6 Å². The maximum absolute atomic E-state index is 12.4. The van der Waals surface area contributed by atoms with Gasteiger partial charge in [-0.1, -0.05) is 23.7 Å². The normalized spacial score (nSPS) is 11.1. The molecule has 6 nitrogen and oxygen atoms in total. The lowest BCUT2D eigenvalue weighted by molar-refractivity contribution is 0.0951. The van der Waals surface area contributed by atoms with E-state index in [9.17, 15) is 13.2 Å². The number of benzene rings is 2. The summed E-state index contributed by atoms with van der Waals surface area (Å²) in [5.41, 5.74) is 2.72. The molecule has 2 aromatic carbocycles. The Bertz CT molecular complexity index is 895. The molecule has 0 aliphatic heterocycles. The molecular formula is C19H24ClN3O3S. The van der Waals surface area contributed by atoms with Crippen molar-refractivity contribution in [1.82, 2.24) is 5.32 Å². The number of carbonyl (C=O) groups excluding carboxylic acids is 1. The van der Waals surface area contributed by atoms with E-state index in [0.717, 1.165) is 30.6 Å². The largest absolute Gasteiger partial charge is 0.372 e. The van der Waals surface area contributed by atoms with Crippen molar-refractivity contribution in [2.24, 2.45) is 0 Å². The molecule has 2 aromatic rings. The van der Waals surface area contributed by atoms with Crippen molar-refractivity contribution in [3.05, 3.63) is 58.6 Å². The molecule has 2 N–H and O–H groups in total.